The van der Waals surface area contributed by atoms with Crippen molar-refractivity contribution in [2.24, 2.45) is 0 Å². The van der Waals surface area contributed by atoms with Gasteiger partial charge < -0.3 is 4.98 Å². The summed E-state index contributed by atoms with van der Waals surface area (Å²) in [7, 11) is 1.39. The SMILES string of the molecule is Cc1c[nH]c(=O)c2c1cc(Cl)n2SI. The summed E-state index contributed by atoms with van der Waals surface area (Å²) in [5.74, 6) is 0. The molecule has 2 heterocycles. The second-order valence-electron chi connectivity index (χ2n) is 2.89. The number of nitrogens with zero attached hydrogens (tertiary/aromatic N) is 1. The normalized spacial score (nSPS) is 11.1. The van der Waals surface area contributed by atoms with Gasteiger partial charge >= 0.3 is 0 Å². The van der Waals surface area contributed by atoms with E-state index in [-0.39, 0.29) is 5.56 Å². The Kier molecular flexibility index (Phi) is 2.81. The largest absolute Gasteiger partial charge is 0.327 e. The fraction of sp³-hybridized carbons (Fsp3) is 0.125. The van der Waals surface area contributed by atoms with E-state index in [1.807, 2.05) is 13.0 Å². The van der Waals surface area contributed by atoms with E-state index in [0.717, 1.165) is 10.9 Å². The van der Waals surface area contributed by atoms with Crippen molar-refractivity contribution in [1.29, 1.82) is 0 Å². The van der Waals surface area contributed by atoms with Gasteiger partial charge in [0.15, 0.2) is 0 Å². The molecule has 0 atom stereocenters. The topological polar surface area (TPSA) is 37.8 Å². The van der Waals surface area contributed by atoms with Gasteiger partial charge in [0.25, 0.3) is 5.56 Å². The van der Waals surface area contributed by atoms with Crippen LogP contribution in [0.5, 0.6) is 0 Å². The quantitative estimate of drug-likeness (QED) is 0.810. The minimum absolute atomic E-state index is 0.110. The molecule has 2 aromatic heterocycles. The van der Waals surface area contributed by atoms with E-state index < -0.39 is 0 Å². The predicted molar refractivity (Wildman–Crippen MR) is 69.3 cm³/mol. The first-order valence-corrected chi connectivity index (χ1v) is 7.53. The summed E-state index contributed by atoms with van der Waals surface area (Å²) in [5, 5.41) is 1.47. The van der Waals surface area contributed by atoms with Crippen molar-refractivity contribution in [3.05, 3.63) is 33.3 Å². The van der Waals surface area contributed by atoms with E-state index in [1.165, 1.54) is 9.12 Å². The Morgan fingerprint density at radius 3 is 3.00 bits per heavy atom. The van der Waals surface area contributed by atoms with Crippen molar-refractivity contribution in [1.82, 2.24) is 8.96 Å². The minimum atomic E-state index is -0.110. The summed E-state index contributed by atoms with van der Waals surface area (Å²) in [6.45, 7) is 1.94. The molecule has 0 fully saturated rings. The summed E-state index contributed by atoms with van der Waals surface area (Å²) >= 11 is 8.09. The van der Waals surface area contributed by atoms with Gasteiger partial charge in [0.2, 0.25) is 0 Å². The van der Waals surface area contributed by atoms with Gasteiger partial charge in [0.05, 0.1) is 0 Å². The van der Waals surface area contributed by atoms with Gasteiger partial charge in [-0.3, -0.25) is 8.77 Å². The molecule has 74 valence electrons. The molecule has 1 N–H and O–H groups in total. The molecule has 0 aliphatic heterocycles. The lowest BCUT2D eigenvalue weighted by Crippen LogP contribution is -2.08. The number of fused-ring (bicyclic) bond motifs is 1. The smallest absolute Gasteiger partial charge is 0.273 e. The van der Waals surface area contributed by atoms with Crippen molar-refractivity contribution >= 4 is 52.8 Å². The van der Waals surface area contributed by atoms with Crippen LogP contribution in [0, 0.1) is 6.92 Å². The summed E-state index contributed by atoms with van der Waals surface area (Å²) in [4.78, 5) is 14.3. The Morgan fingerprint density at radius 2 is 2.36 bits per heavy atom. The first-order valence-electron chi connectivity index (χ1n) is 3.83. The van der Waals surface area contributed by atoms with Crippen LogP contribution in [0.1, 0.15) is 5.56 Å². The minimum Gasteiger partial charge on any atom is -0.327 e. The number of aromatic nitrogens is 2. The molecule has 0 aliphatic rings. The molecule has 2 rings (SSSR count). The molecule has 3 nitrogen and oxygen atoms in total. The van der Waals surface area contributed by atoms with E-state index in [1.54, 1.807) is 10.2 Å². The van der Waals surface area contributed by atoms with E-state index >= 15 is 0 Å². The fourth-order valence-corrected chi connectivity index (χ4v) is 3.61. The second kappa shape index (κ2) is 3.79. The molecule has 0 aliphatic carbocycles. The number of pyridine rings is 1. The van der Waals surface area contributed by atoms with Gasteiger partial charge in [-0.25, -0.2) is 0 Å². The van der Waals surface area contributed by atoms with Crippen molar-refractivity contribution in [3.63, 3.8) is 0 Å². The van der Waals surface area contributed by atoms with Crippen molar-refractivity contribution in [2.75, 3.05) is 0 Å². The van der Waals surface area contributed by atoms with Gasteiger partial charge in [0.1, 0.15) is 10.7 Å². The van der Waals surface area contributed by atoms with Crippen molar-refractivity contribution in [3.8, 4) is 0 Å². The van der Waals surface area contributed by atoms with Crippen LogP contribution in [-0.2, 0) is 0 Å². The maximum atomic E-state index is 11.6. The highest BCUT2D eigenvalue weighted by molar-refractivity contribution is 14.2. The number of nitrogens with one attached hydrogen (secondary N) is 1. The highest BCUT2D eigenvalue weighted by Crippen LogP contribution is 2.30. The van der Waals surface area contributed by atoms with Gasteiger partial charge in [-0.1, -0.05) is 11.6 Å². The molecule has 0 spiro atoms. The Balaban J connectivity index is 3.01. The molecule has 0 radical (unpaired) electrons. The van der Waals surface area contributed by atoms with Crippen LogP contribution < -0.4 is 5.56 Å². The summed E-state index contributed by atoms with van der Waals surface area (Å²) in [5.41, 5.74) is 1.53. The average Bonchev–Trinajstić information content (AvgIpc) is 2.50. The zero-order valence-corrected chi connectivity index (χ0v) is 10.9. The number of H-pyrrole nitrogens is 1. The molecule has 6 heteroatoms. The molecule has 14 heavy (non-hydrogen) atoms. The van der Waals surface area contributed by atoms with E-state index in [4.69, 9.17) is 11.6 Å². The Labute approximate surface area is 102 Å². The van der Waals surface area contributed by atoms with Gasteiger partial charge in [0, 0.05) is 41.9 Å². The van der Waals surface area contributed by atoms with Gasteiger partial charge in [-0.15, -0.1) is 0 Å². The van der Waals surface area contributed by atoms with Gasteiger partial charge in [-0.05, 0) is 18.6 Å². The van der Waals surface area contributed by atoms with E-state index in [0.29, 0.717) is 10.7 Å². The summed E-state index contributed by atoms with van der Waals surface area (Å²) in [6, 6.07) is 1.81. The standard InChI is InChI=1S/C8H6ClIN2OS/c1-4-3-11-8(13)7-5(4)2-6(9)12(7)14-10/h2-3H,1H3,(H,11,13). The number of rotatable bonds is 1. The second-order valence-corrected chi connectivity index (χ2v) is 4.97. The van der Waals surface area contributed by atoms with Gasteiger partial charge in [-0.2, -0.15) is 0 Å². The third kappa shape index (κ3) is 1.47. The average molecular weight is 341 g/mol. The molecule has 2 aromatic rings. The zero-order chi connectivity index (χ0) is 10.3. The van der Waals surface area contributed by atoms with E-state index in [2.05, 4.69) is 26.2 Å². The number of halogens is 2. The third-order valence-electron chi connectivity index (χ3n) is 2.04. The summed E-state index contributed by atoms with van der Waals surface area (Å²) in [6.07, 6.45) is 1.70. The number of aryl methyl sites for hydroxylation is 1. The fourth-order valence-electron chi connectivity index (χ4n) is 1.36. The number of hydrogen-bond acceptors (Lipinski definition) is 2. The van der Waals surface area contributed by atoms with Crippen LogP contribution in [0.3, 0.4) is 0 Å². The first-order chi connectivity index (χ1) is 6.65. The number of hydrogen-bond donors (Lipinski definition) is 1. The highest BCUT2D eigenvalue weighted by Gasteiger charge is 2.11. The Bertz CT molecular complexity index is 548. The predicted octanol–water partition coefficient (Wildman–Crippen LogP) is 3.14. The van der Waals surface area contributed by atoms with Crippen LogP contribution in [0.25, 0.3) is 10.9 Å². The highest BCUT2D eigenvalue weighted by atomic mass is 127. The van der Waals surface area contributed by atoms with E-state index in [9.17, 15) is 4.79 Å². The van der Waals surface area contributed by atoms with Crippen LogP contribution in [0.2, 0.25) is 5.15 Å². The van der Waals surface area contributed by atoms with Crippen molar-refractivity contribution in [2.45, 2.75) is 6.92 Å². The molecule has 0 bridgehead atoms. The maximum Gasteiger partial charge on any atom is 0.273 e. The van der Waals surface area contributed by atoms with Crippen LogP contribution in [0.4, 0.5) is 0 Å². The number of aromatic amines is 1. The lowest BCUT2D eigenvalue weighted by Gasteiger charge is -1.99. The molecular weight excluding hydrogens is 335 g/mol. The third-order valence-corrected chi connectivity index (χ3v) is 4.12. The molecule has 0 unspecified atom stereocenters. The molecule has 0 amide bonds. The Morgan fingerprint density at radius 1 is 1.64 bits per heavy atom. The maximum absolute atomic E-state index is 11.6. The molecule has 0 aromatic carbocycles. The monoisotopic (exact) mass is 340 g/mol. The molecular formula is C8H6ClIN2OS. The zero-order valence-electron chi connectivity index (χ0n) is 7.17. The van der Waals surface area contributed by atoms with Crippen LogP contribution in [-0.4, -0.2) is 8.96 Å². The molecule has 0 saturated heterocycles. The molecule has 0 saturated carbocycles. The first kappa shape index (κ1) is 10.4. The van der Waals surface area contributed by atoms with Crippen LogP contribution in [0.15, 0.2) is 17.1 Å². The lowest BCUT2D eigenvalue weighted by atomic mass is 10.2. The summed E-state index contributed by atoms with van der Waals surface area (Å²) < 4.78 is 1.71. The van der Waals surface area contributed by atoms with Crippen molar-refractivity contribution < 1.29 is 0 Å². The lowest BCUT2D eigenvalue weighted by molar-refractivity contribution is 1.21. The van der Waals surface area contributed by atoms with Crippen LogP contribution >= 0.6 is 41.9 Å². The Hall–Kier alpha value is -0.140.